The van der Waals surface area contributed by atoms with Crippen LogP contribution >= 0.6 is 22.9 Å². The van der Waals surface area contributed by atoms with Crippen molar-refractivity contribution < 1.29 is 14.7 Å². The molecule has 20 heavy (non-hydrogen) atoms. The van der Waals surface area contributed by atoms with Crippen molar-refractivity contribution in [2.75, 3.05) is 0 Å². The number of nitrogens with zero attached hydrogens (tertiary/aromatic N) is 1. The van der Waals surface area contributed by atoms with Crippen molar-refractivity contribution in [2.45, 2.75) is 12.5 Å². The fourth-order valence-corrected chi connectivity index (χ4v) is 2.66. The molecule has 2 heterocycles. The highest BCUT2D eigenvalue weighted by atomic mass is 35.5. The molecular weight excluding hydrogens is 300 g/mol. The van der Waals surface area contributed by atoms with Gasteiger partial charge >= 0.3 is 5.97 Å². The molecule has 7 heteroatoms. The van der Waals surface area contributed by atoms with Crippen molar-refractivity contribution >= 4 is 34.8 Å². The highest BCUT2D eigenvalue weighted by Gasteiger charge is 2.21. The lowest BCUT2D eigenvalue weighted by Gasteiger charge is -2.15. The maximum absolute atomic E-state index is 12.1. The lowest BCUT2D eigenvalue weighted by atomic mass is 10.1. The van der Waals surface area contributed by atoms with E-state index in [1.54, 1.807) is 18.2 Å². The minimum atomic E-state index is -0.985. The van der Waals surface area contributed by atoms with Gasteiger partial charge in [0.25, 0.3) is 5.91 Å². The predicted molar refractivity (Wildman–Crippen MR) is 76.0 cm³/mol. The number of rotatable bonds is 5. The van der Waals surface area contributed by atoms with Crippen molar-refractivity contribution in [3.8, 4) is 0 Å². The summed E-state index contributed by atoms with van der Waals surface area (Å²) in [6.45, 7) is 0. The number of pyridine rings is 1. The van der Waals surface area contributed by atoms with Gasteiger partial charge < -0.3 is 10.4 Å². The van der Waals surface area contributed by atoms with Crippen molar-refractivity contribution in [1.29, 1.82) is 0 Å². The van der Waals surface area contributed by atoms with Gasteiger partial charge in [-0.3, -0.25) is 9.59 Å². The van der Waals surface area contributed by atoms with Crippen LogP contribution in [0.5, 0.6) is 0 Å². The Morgan fingerprint density at radius 2 is 2.20 bits per heavy atom. The Labute approximate surface area is 124 Å². The molecule has 0 aliphatic carbocycles. The molecule has 5 nitrogen and oxygen atoms in total. The summed E-state index contributed by atoms with van der Waals surface area (Å²) in [5, 5.41) is 13.5. The zero-order chi connectivity index (χ0) is 14.5. The van der Waals surface area contributed by atoms with Gasteiger partial charge in [0.2, 0.25) is 0 Å². The Bertz CT molecular complexity index is 616. The van der Waals surface area contributed by atoms with Crippen LogP contribution in [0.2, 0.25) is 5.15 Å². The van der Waals surface area contributed by atoms with Gasteiger partial charge in [-0.25, -0.2) is 4.98 Å². The first-order chi connectivity index (χ1) is 9.58. The molecule has 0 aliphatic rings. The molecule has 2 rings (SSSR count). The molecule has 0 fully saturated rings. The Morgan fingerprint density at radius 1 is 1.40 bits per heavy atom. The van der Waals surface area contributed by atoms with Crippen molar-refractivity contribution in [3.05, 3.63) is 51.4 Å². The zero-order valence-electron chi connectivity index (χ0n) is 10.2. The fraction of sp³-hybridized carbons (Fsp3) is 0.154. The average molecular weight is 311 g/mol. The van der Waals surface area contributed by atoms with E-state index in [9.17, 15) is 9.59 Å². The van der Waals surface area contributed by atoms with Gasteiger partial charge in [0.05, 0.1) is 18.0 Å². The van der Waals surface area contributed by atoms with Crippen molar-refractivity contribution in [3.63, 3.8) is 0 Å². The second-order valence-electron chi connectivity index (χ2n) is 3.98. The average Bonchev–Trinajstić information content (AvgIpc) is 2.91. The van der Waals surface area contributed by atoms with Gasteiger partial charge in [-0.2, -0.15) is 0 Å². The Hall–Kier alpha value is -1.92. The first-order valence-electron chi connectivity index (χ1n) is 5.74. The molecule has 1 amide bonds. The van der Waals surface area contributed by atoms with E-state index >= 15 is 0 Å². The maximum atomic E-state index is 12.1. The summed E-state index contributed by atoms with van der Waals surface area (Å²) in [7, 11) is 0. The van der Waals surface area contributed by atoms with Crippen LogP contribution in [0.3, 0.4) is 0 Å². The van der Waals surface area contributed by atoms with E-state index in [2.05, 4.69) is 10.3 Å². The van der Waals surface area contributed by atoms with Crippen LogP contribution in [-0.4, -0.2) is 22.0 Å². The van der Waals surface area contributed by atoms with Crippen LogP contribution in [0.1, 0.15) is 27.7 Å². The summed E-state index contributed by atoms with van der Waals surface area (Å²) in [5.41, 5.74) is 0.223. The minimum Gasteiger partial charge on any atom is -0.481 e. The molecule has 1 unspecified atom stereocenters. The number of aromatic nitrogens is 1. The quantitative estimate of drug-likeness (QED) is 0.832. The number of thiophene rings is 1. The molecule has 0 saturated carbocycles. The Balaban J connectivity index is 2.18. The monoisotopic (exact) mass is 310 g/mol. The molecule has 0 aromatic carbocycles. The number of aliphatic carboxylic acids is 1. The van der Waals surface area contributed by atoms with Crippen LogP contribution in [0.25, 0.3) is 0 Å². The lowest BCUT2D eigenvalue weighted by molar-refractivity contribution is -0.137. The predicted octanol–water partition coefficient (Wildman–Crippen LogP) is 2.74. The SMILES string of the molecule is O=C(O)CC(NC(=O)c1cccnc1Cl)c1cccs1. The second-order valence-corrected chi connectivity index (χ2v) is 5.32. The second kappa shape index (κ2) is 6.49. The maximum Gasteiger partial charge on any atom is 0.305 e. The number of amides is 1. The Kier molecular flexibility index (Phi) is 4.70. The van der Waals surface area contributed by atoms with Crippen LogP contribution in [-0.2, 0) is 4.79 Å². The van der Waals surface area contributed by atoms with E-state index in [0.717, 1.165) is 4.88 Å². The van der Waals surface area contributed by atoms with Gasteiger partial charge in [0, 0.05) is 11.1 Å². The van der Waals surface area contributed by atoms with Crippen LogP contribution < -0.4 is 5.32 Å². The first kappa shape index (κ1) is 14.5. The van der Waals surface area contributed by atoms with Crippen molar-refractivity contribution in [2.24, 2.45) is 0 Å². The van der Waals surface area contributed by atoms with Crippen molar-refractivity contribution in [1.82, 2.24) is 10.3 Å². The lowest BCUT2D eigenvalue weighted by Crippen LogP contribution is -2.30. The molecule has 0 radical (unpaired) electrons. The number of carbonyl (C=O) groups is 2. The van der Waals surface area contributed by atoms with Gasteiger partial charge in [-0.15, -0.1) is 11.3 Å². The Morgan fingerprint density at radius 3 is 2.80 bits per heavy atom. The first-order valence-corrected chi connectivity index (χ1v) is 7.00. The largest absolute Gasteiger partial charge is 0.481 e. The summed E-state index contributed by atoms with van der Waals surface area (Å²) < 4.78 is 0. The molecule has 0 spiro atoms. The molecule has 0 bridgehead atoms. The number of halogens is 1. The number of hydrogen-bond acceptors (Lipinski definition) is 4. The van der Waals surface area contributed by atoms with Crippen LogP contribution in [0.15, 0.2) is 35.8 Å². The summed E-state index contributed by atoms with van der Waals surface area (Å²) in [6, 6.07) is 6.13. The summed E-state index contributed by atoms with van der Waals surface area (Å²) in [6.07, 6.45) is 1.29. The highest BCUT2D eigenvalue weighted by molar-refractivity contribution is 7.10. The third-order valence-corrected chi connectivity index (χ3v) is 3.86. The summed E-state index contributed by atoms with van der Waals surface area (Å²) >= 11 is 7.24. The molecule has 104 valence electrons. The van der Waals surface area contributed by atoms with Gasteiger partial charge in [-0.05, 0) is 23.6 Å². The van der Waals surface area contributed by atoms with Crippen LogP contribution in [0.4, 0.5) is 0 Å². The van der Waals surface area contributed by atoms with E-state index in [1.165, 1.54) is 23.6 Å². The summed E-state index contributed by atoms with van der Waals surface area (Å²) in [5.74, 6) is -1.43. The smallest absolute Gasteiger partial charge is 0.305 e. The fourth-order valence-electron chi connectivity index (χ4n) is 1.68. The van der Waals surface area contributed by atoms with E-state index < -0.39 is 17.9 Å². The van der Waals surface area contributed by atoms with Gasteiger partial charge in [0.15, 0.2) is 0 Å². The van der Waals surface area contributed by atoms with E-state index in [4.69, 9.17) is 16.7 Å². The molecule has 0 saturated heterocycles. The normalized spacial score (nSPS) is 11.8. The minimum absolute atomic E-state index is 0.0882. The molecule has 2 aromatic rings. The van der Waals surface area contributed by atoms with Crippen LogP contribution in [0, 0.1) is 0 Å². The summed E-state index contributed by atoms with van der Waals surface area (Å²) in [4.78, 5) is 27.6. The molecule has 0 aliphatic heterocycles. The third-order valence-electron chi connectivity index (χ3n) is 2.57. The molecule has 1 atom stereocenters. The number of hydrogen-bond donors (Lipinski definition) is 2. The van der Waals surface area contributed by atoms with Gasteiger partial charge in [0.1, 0.15) is 5.15 Å². The topological polar surface area (TPSA) is 79.3 Å². The van der Waals surface area contributed by atoms with E-state index in [-0.39, 0.29) is 17.1 Å². The third kappa shape index (κ3) is 3.55. The number of nitrogens with one attached hydrogen (secondary N) is 1. The number of carbonyl (C=O) groups excluding carboxylic acids is 1. The molecular formula is C13H11ClN2O3S. The van der Waals surface area contributed by atoms with E-state index in [1.807, 2.05) is 5.38 Å². The molecule has 2 N–H and O–H groups in total. The highest BCUT2D eigenvalue weighted by Crippen LogP contribution is 2.23. The number of carboxylic acids is 1. The van der Waals surface area contributed by atoms with E-state index in [0.29, 0.717) is 0 Å². The standard InChI is InChI=1S/C13H11ClN2O3S/c14-12-8(3-1-5-15-12)13(19)16-9(7-11(17)18)10-4-2-6-20-10/h1-6,9H,7H2,(H,16,19)(H,17,18). The van der Waals surface area contributed by atoms with Gasteiger partial charge in [-0.1, -0.05) is 17.7 Å². The zero-order valence-corrected chi connectivity index (χ0v) is 11.8. The molecule has 2 aromatic heterocycles. The number of carboxylic acid groups (broad SMARTS) is 1.